The summed E-state index contributed by atoms with van der Waals surface area (Å²) in [4.78, 5) is 2.48. The number of likely N-dealkylation sites (tertiary alicyclic amines) is 1. The standard InChI is InChI=1S/C9H16N4S/c1-7(2)13-4-3-8(5-13)11-9-12-10-6-14-9/h6-8H,3-5H2,1-2H3,(H,11,12). The second kappa shape index (κ2) is 4.23. The first-order valence-corrected chi connectivity index (χ1v) is 5.90. The molecule has 14 heavy (non-hydrogen) atoms. The molecule has 2 rings (SSSR count). The number of anilines is 1. The van der Waals surface area contributed by atoms with Gasteiger partial charge in [0.15, 0.2) is 0 Å². The summed E-state index contributed by atoms with van der Waals surface area (Å²) in [6.07, 6.45) is 1.21. The molecule has 1 aliphatic heterocycles. The Balaban J connectivity index is 1.84. The molecular formula is C9H16N4S. The van der Waals surface area contributed by atoms with Crippen molar-refractivity contribution in [2.24, 2.45) is 0 Å². The molecule has 0 saturated carbocycles. The monoisotopic (exact) mass is 212 g/mol. The van der Waals surface area contributed by atoms with Gasteiger partial charge in [-0.25, -0.2) is 0 Å². The fourth-order valence-electron chi connectivity index (χ4n) is 1.78. The van der Waals surface area contributed by atoms with E-state index in [0.29, 0.717) is 12.1 Å². The minimum Gasteiger partial charge on any atom is -0.356 e. The zero-order valence-corrected chi connectivity index (χ0v) is 9.42. The highest BCUT2D eigenvalue weighted by molar-refractivity contribution is 7.13. The Hall–Kier alpha value is -0.680. The van der Waals surface area contributed by atoms with E-state index in [1.165, 1.54) is 13.0 Å². The van der Waals surface area contributed by atoms with Crippen LogP contribution < -0.4 is 5.32 Å². The summed E-state index contributed by atoms with van der Waals surface area (Å²) < 4.78 is 0. The van der Waals surface area contributed by atoms with Gasteiger partial charge in [0.2, 0.25) is 5.13 Å². The summed E-state index contributed by atoms with van der Waals surface area (Å²) in [5, 5.41) is 12.2. The van der Waals surface area contributed by atoms with Crippen molar-refractivity contribution in [3.8, 4) is 0 Å². The van der Waals surface area contributed by atoms with E-state index in [9.17, 15) is 0 Å². The van der Waals surface area contributed by atoms with E-state index in [4.69, 9.17) is 0 Å². The lowest BCUT2D eigenvalue weighted by atomic mass is 10.3. The summed E-state index contributed by atoms with van der Waals surface area (Å²) in [6, 6.07) is 1.20. The van der Waals surface area contributed by atoms with Crippen molar-refractivity contribution in [1.29, 1.82) is 0 Å². The molecule has 1 saturated heterocycles. The van der Waals surface area contributed by atoms with E-state index in [0.717, 1.165) is 11.7 Å². The minimum absolute atomic E-state index is 0.547. The molecule has 1 atom stereocenters. The summed E-state index contributed by atoms with van der Waals surface area (Å²) in [7, 11) is 0. The number of nitrogens with one attached hydrogen (secondary N) is 1. The van der Waals surface area contributed by atoms with E-state index in [1.807, 2.05) is 0 Å². The first kappa shape index (κ1) is 9.86. The highest BCUT2D eigenvalue weighted by Gasteiger charge is 2.24. The minimum atomic E-state index is 0.547. The van der Waals surface area contributed by atoms with Gasteiger partial charge in [0.05, 0.1) is 0 Å². The number of nitrogens with zero attached hydrogens (tertiary/aromatic N) is 3. The first-order chi connectivity index (χ1) is 6.75. The van der Waals surface area contributed by atoms with E-state index in [-0.39, 0.29) is 0 Å². The molecule has 1 aromatic rings. The van der Waals surface area contributed by atoms with Crippen LogP contribution in [-0.2, 0) is 0 Å². The number of rotatable bonds is 3. The van der Waals surface area contributed by atoms with Gasteiger partial charge in [0.1, 0.15) is 5.51 Å². The maximum atomic E-state index is 3.99. The molecule has 1 fully saturated rings. The van der Waals surface area contributed by atoms with Gasteiger partial charge in [-0.2, -0.15) is 0 Å². The molecule has 78 valence electrons. The van der Waals surface area contributed by atoms with Crippen molar-refractivity contribution in [3.05, 3.63) is 5.51 Å². The Morgan fingerprint density at radius 1 is 1.64 bits per heavy atom. The fourth-order valence-corrected chi connectivity index (χ4v) is 2.31. The lowest BCUT2D eigenvalue weighted by Gasteiger charge is -2.20. The summed E-state index contributed by atoms with van der Waals surface area (Å²) in [5.74, 6) is 0. The zero-order valence-electron chi connectivity index (χ0n) is 8.60. The first-order valence-electron chi connectivity index (χ1n) is 5.02. The van der Waals surface area contributed by atoms with E-state index in [1.54, 1.807) is 16.8 Å². The van der Waals surface area contributed by atoms with Crippen LogP contribution in [0.1, 0.15) is 20.3 Å². The summed E-state index contributed by atoms with van der Waals surface area (Å²) >= 11 is 1.57. The van der Waals surface area contributed by atoms with Gasteiger partial charge in [-0.3, -0.25) is 4.90 Å². The van der Waals surface area contributed by atoms with Crippen LogP contribution in [0.25, 0.3) is 0 Å². The van der Waals surface area contributed by atoms with Crippen molar-refractivity contribution in [1.82, 2.24) is 15.1 Å². The molecule has 1 aliphatic rings. The van der Waals surface area contributed by atoms with Crippen LogP contribution in [0.4, 0.5) is 5.13 Å². The fraction of sp³-hybridized carbons (Fsp3) is 0.778. The molecule has 4 nitrogen and oxygen atoms in total. The van der Waals surface area contributed by atoms with Crippen LogP contribution in [0, 0.1) is 0 Å². The van der Waals surface area contributed by atoms with Crippen molar-refractivity contribution < 1.29 is 0 Å². The lowest BCUT2D eigenvalue weighted by molar-refractivity contribution is 0.274. The van der Waals surface area contributed by atoms with E-state index in [2.05, 4.69) is 34.3 Å². The van der Waals surface area contributed by atoms with Gasteiger partial charge in [-0.15, -0.1) is 10.2 Å². The largest absolute Gasteiger partial charge is 0.356 e. The third-order valence-corrected chi connectivity index (χ3v) is 3.26. The third-order valence-electron chi connectivity index (χ3n) is 2.64. The smallest absolute Gasteiger partial charge is 0.205 e. The molecule has 1 aromatic heterocycles. The molecule has 1 unspecified atom stereocenters. The van der Waals surface area contributed by atoms with Crippen LogP contribution >= 0.6 is 11.3 Å². The van der Waals surface area contributed by atoms with E-state index < -0.39 is 0 Å². The highest BCUT2D eigenvalue weighted by Crippen LogP contribution is 2.17. The Morgan fingerprint density at radius 2 is 2.50 bits per heavy atom. The van der Waals surface area contributed by atoms with Crippen molar-refractivity contribution in [3.63, 3.8) is 0 Å². The van der Waals surface area contributed by atoms with Crippen LogP contribution in [0.5, 0.6) is 0 Å². The van der Waals surface area contributed by atoms with Gasteiger partial charge in [-0.1, -0.05) is 11.3 Å². The van der Waals surface area contributed by atoms with Crippen LogP contribution in [0.3, 0.4) is 0 Å². The predicted molar refractivity (Wildman–Crippen MR) is 58.6 cm³/mol. The molecule has 0 radical (unpaired) electrons. The van der Waals surface area contributed by atoms with Crippen molar-refractivity contribution in [2.45, 2.75) is 32.4 Å². The average molecular weight is 212 g/mol. The van der Waals surface area contributed by atoms with Crippen molar-refractivity contribution >= 4 is 16.5 Å². The summed E-state index contributed by atoms with van der Waals surface area (Å²) in [6.45, 7) is 6.80. The molecule has 1 N–H and O–H groups in total. The maximum Gasteiger partial charge on any atom is 0.205 e. The van der Waals surface area contributed by atoms with Crippen LogP contribution in [-0.4, -0.2) is 40.3 Å². The molecule has 5 heteroatoms. The molecule has 0 aromatic carbocycles. The third kappa shape index (κ3) is 2.22. The Bertz CT molecular complexity index is 272. The lowest BCUT2D eigenvalue weighted by Crippen LogP contribution is -2.31. The normalized spacial score (nSPS) is 23.2. The molecule has 0 spiro atoms. The zero-order chi connectivity index (χ0) is 9.97. The maximum absolute atomic E-state index is 3.99. The van der Waals surface area contributed by atoms with Crippen LogP contribution in [0.15, 0.2) is 5.51 Å². The van der Waals surface area contributed by atoms with Crippen molar-refractivity contribution in [2.75, 3.05) is 18.4 Å². The Labute approximate surface area is 88.3 Å². The second-order valence-corrected chi connectivity index (χ2v) is 4.80. The second-order valence-electron chi connectivity index (χ2n) is 3.96. The Kier molecular flexibility index (Phi) is 2.98. The Morgan fingerprint density at radius 3 is 3.07 bits per heavy atom. The topological polar surface area (TPSA) is 41.0 Å². The molecule has 0 bridgehead atoms. The predicted octanol–water partition coefficient (Wildman–Crippen LogP) is 1.43. The molecule has 0 aliphatic carbocycles. The SMILES string of the molecule is CC(C)N1CCC(Nc2nncs2)C1. The van der Waals surface area contributed by atoms with Gasteiger partial charge < -0.3 is 5.32 Å². The summed E-state index contributed by atoms with van der Waals surface area (Å²) in [5.41, 5.74) is 1.76. The number of hydrogen-bond acceptors (Lipinski definition) is 5. The van der Waals surface area contributed by atoms with Gasteiger partial charge >= 0.3 is 0 Å². The highest BCUT2D eigenvalue weighted by atomic mass is 32.1. The number of hydrogen-bond donors (Lipinski definition) is 1. The van der Waals surface area contributed by atoms with Gasteiger partial charge in [0.25, 0.3) is 0 Å². The molecule has 2 heterocycles. The van der Waals surface area contributed by atoms with Crippen LogP contribution in [0.2, 0.25) is 0 Å². The molecule has 0 amide bonds. The van der Waals surface area contributed by atoms with E-state index >= 15 is 0 Å². The van der Waals surface area contributed by atoms with Gasteiger partial charge in [-0.05, 0) is 20.3 Å². The average Bonchev–Trinajstić information content (AvgIpc) is 2.75. The quantitative estimate of drug-likeness (QED) is 0.823. The van der Waals surface area contributed by atoms with Gasteiger partial charge in [0, 0.05) is 25.2 Å². The molecular weight excluding hydrogens is 196 g/mol. The number of aromatic nitrogens is 2.